The predicted octanol–water partition coefficient (Wildman–Crippen LogP) is 4.36. The van der Waals surface area contributed by atoms with Crippen LogP contribution in [0.2, 0.25) is 10.0 Å². The fourth-order valence-electron chi connectivity index (χ4n) is 3.76. The van der Waals surface area contributed by atoms with Crippen LogP contribution >= 0.6 is 23.2 Å². The maximum atomic E-state index is 13.8. The number of nitrogens with zero attached hydrogens (tertiary/aromatic N) is 2. The molecule has 2 aromatic rings. The summed E-state index contributed by atoms with van der Waals surface area (Å²) < 4.78 is 37.3. The molecule has 0 spiro atoms. The van der Waals surface area contributed by atoms with Gasteiger partial charge in [-0.3, -0.25) is 13.9 Å². The summed E-state index contributed by atoms with van der Waals surface area (Å²) in [5.41, 5.74) is 0.721. The summed E-state index contributed by atoms with van der Waals surface area (Å²) in [5, 5.41) is 3.62. The molecule has 9 nitrogen and oxygen atoms in total. The molecule has 210 valence electrons. The highest BCUT2D eigenvalue weighted by Crippen LogP contribution is 2.34. The van der Waals surface area contributed by atoms with Crippen LogP contribution in [0.25, 0.3) is 0 Å². The predicted molar refractivity (Wildman–Crippen MR) is 151 cm³/mol. The summed E-state index contributed by atoms with van der Waals surface area (Å²) in [6.07, 6.45) is 1.29. The number of amides is 2. The maximum Gasteiger partial charge on any atom is 0.244 e. The highest BCUT2D eigenvalue weighted by molar-refractivity contribution is 7.92. The SMILES string of the molecule is CC[C@@H](C(=O)NCC(C)C)N(Cc1ccc(Cl)cc1Cl)C(=O)CN(c1ccc(OC)cc1OC)S(C)(=O)=O. The average molecular weight is 589 g/mol. The minimum absolute atomic E-state index is 0.0280. The molecule has 0 aliphatic carbocycles. The lowest BCUT2D eigenvalue weighted by Crippen LogP contribution is -2.52. The van der Waals surface area contributed by atoms with Crippen LogP contribution in [0.15, 0.2) is 36.4 Å². The Bertz CT molecular complexity index is 1240. The van der Waals surface area contributed by atoms with Crippen molar-refractivity contribution in [3.05, 3.63) is 52.0 Å². The Morgan fingerprint density at radius 1 is 1.05 bits per heavy atom. The third kappa shape index (κ3) is 8.41. The fourth-order valence-corrected chi connectivity index (χ4v) is 5.08. The molecule has 0 heterocycles. The Balaban J connectivity index is 2.53. The molecule has 0 unspecified atom stereocenters. The lowest BCUT2D eigenvalue weighted by atomic mass is 10.1. The topological polar surface area (TPSA) is 105 Å². The molecule has 2 amide bonds. The van der Waals surface area contributed by atoms with Crippen molar-refractivity contribution in [1.82, 2.24) is 10.2 Å². The average Bonchev–Trinajstić information content (AvgIpc) is 2.85. The van der Waals surface area contributed by atoms with Crippen molar-refractivity contribution in [3.8, 4) is 11.5 Å². The number of carbonyl (C=O) groups is 2. The van der Waals surface area contributed by atoms with Crippen LogP contribution in [-0.2, 0) is 26.2 Å². The first kappa shape index (κ1) is 31.5. The summed E-state index contributed by atoms with van der Waals surface area (Å²) in [6.45, 7) is 5.54. The van der Waals surface area contributed by atoms with E-state index in [2.05, 4.69) is 5.32 Å². The van der Waals surface area contributed by atoms with Crippen molar-refractivity contribution in [2.24, 2.45) is 5.92 Å². The summed E-state index contributed by atoms with van der Waals surface area (Å²) in [5.74, 6) is -0.0677. The number of methoxy groups -OCH3 is 2. The molecule has 0 bridgehead atoms. The van der Waals surface area contributed by atoms with Gasteiger partial charge in [0.1, 0.15) is 24.1 Å². The molecule has 2 rings (SSSR count). The van der Waals surface area contributed by atoms with Crippen molar-refractivity contribution in [3.63, 3.8) is 0 Å². The van der Waals surface area contributed by atoms with Crippen LogP contribution in [-0.4, -0.2) is 64.7 Å². The standard InChI is InChI=1S/C26H35Cl2N3O6S/c1-7-22(26(33)29-14-17(2)3)30(15-18-8-9-19(27)12-21(18)28)25(32)16-31(38(6,34)35)23-11-10-20(36-4)13-24(23)37-5/h8-13,17,22H,7,14-16H2,1-6H3,(H,29,33)/t22-/m0/s1. The van der Waals surface area contributed by atoms with E-state index in [0.717, 1.165) is 10.6 Å². The van der Waals surface area contributed by atoms with Gasteiger partial charge >= 0.3 is 0 Å². The van der Waals surface area contributed by atoms with Crippen molar-refractivity contribution >= 4 is 50.7 Å². The van der Waals surface area contributed by atoms with Crippen LogP contribution in [0.3, 0.4) is 0 Å². The van der Waals surface area contributed by atoms with Gasteiger partial charge in [-0.05, 0) is 42.2 Å². The van der Waals surface area contributed by atoms with Gasteiger partial charge in [-0.2, -0.15) is 0 Å². The zero-order chi connectivity index (χ0) is 28.6. The minimum Gasteiger partial charge on any atom is -0.497 e. The third-order valence-electron chi connectivity index (χ3n) is 5.76. The molecule has 38 heavy (non-hydrogen) atoms. The molecule has 0 radical (unpaired) electrons. The van der Waals surface area contributed by atoms with Crippen LogP contribution in [0.4, 0.5) is 5.69 Å². The normalized spacial score (nSPS) is 12.1. The lowest BCUT2D eigenvalue weighted by Gasteiger charge is -2.33. The van der Waals surface area contributed by atoms with Crippen LogP contribution in [0.5, 0.6) is 11.5 Å². The zero-order valence-corrected chi connectivity index (χ0v) is 24.8. The molecule has 0 saturated carbocycles. The van der Waals surface area contributed by atoms with E-state index in [0.29, 0.717) is 34.3 Å². The zero-order valence-electron chi connectivity index (χ0n) is 22.5. The first-order chi connectivity index (χ1) is 17.8. The molecule has 1 atom stereocenters. The number of benzene rings is 2. The minimum atomic E-state index is -3.94. The molecule has 0 saturated heterocycles. The fraction of sp³-hybridized carbons (Fsp3) is 0.462. The smallest absolute Gasteiger partial charge is 0.244 e. The van der Waals surface area contributed by atoms with Crippen molar-refractivity contribution in [2.75, 3.05) is 37.9 Å². The van der Waals surface area contributed by atoms with Crippen molar-refractivity contribution < 1.29 is 27.5 Å². The van der Waals surface area contributed by atoms with E-state index in [1.165, 1.54) is 31.3 Å². The Morgan fingerprint density at radius 2 is 1.74 bits per heavy atom. The number of anilines is 1. The molecule has 1 N–H and O–H groups in total. The molecule has 12 heteroatoms. The Morgan fingerprint density at radius 3 is 2.26 bits per heavy atom. The monoisotopic (exact) mass is 587 g/mol. The van der Waals surface area contributed by atoms with Crippen LogP contribution in [0, 0.1) is 5.92 Å². The second-order valence-corrected chi connectivity index (χ2v) is 11.9. The molecule has 0 aliphatic rings. The van der Waals surface area contributed by atoms with Gasteiger partial charge in [-0.1, -0.05) is 50.0 Å². The van der Waals surface area contributed by atoms with E-state index >= 15 is 0 Å². The number of halogens is 2. The molecule has 0 aromatic heterocycles. The molecule has 0 fully saturated rings. The van der Waals surface area contributed by atoms with Gasteiger partial charge in [-0.15, -0.1) is 0 Å². The summed E-state index contributed by atoms with van der Waals surface area (Å²) in [6, 6.07) is 8.58. The van der Waals surface area contributed by atoms with Gasteiger partial charge in [0, 0.05) is 29.2 Å². The number of nitrogens with one attached hydrogen (secondary N) is 1. The van der Waals surface area contributed by atoms with E-state index < -0.39 is 28.5 Å². The van der Waals surface area contributed by atoms with E-state index in [1.54, 1.807) is 31.2 Å². The van der Waals surface area contributed by atoms with Crippen molar-refractivity contribution in [2.45, 2.75) is 39.8 Å². The molecular formula is C26H35Cl2N3O6S. The molecule has 0 aliphatic heterocycles. The largest absolute Gasteiger partial charge is 0.497 e. The van der Waals surface area contributed by atoms with Crippen molar-refractivity contribution in [1.29, 1.82) is 0 Å². The Labute approximate surface area is 235 Å². The molecule has 2 aromatic carbocycles. The maximum absolute atomic E-state index is 13.8. The van der Waals surface area contributed by atoms with Crippen LogP contribution in [0.1, 0.15) is 32.8 Å². The number of hydrogen-bond acceptors (Lipinski definition) is 6. The van der Waals surface area contributed by atoms with E-state index in [1.807, 2.05) is 13.8 Å². The number of rotatable bonds is 13. The number of sulfonamides is 1. The first-order valence-electron chi connectivity index (χ1n) is 12.0. The summed E-state index contributed by atoms with van der Waals surface area (Å²) in [4.78, 5) is 28.3. The van der Waals surface area contributed by atoms with Gasteiger partial charge in [-0.25, -0.2) is 8.42 Å². The summed E-state index contributed by atoms with van der Waals surface area (Å²) in [7, 11) is -1.07. The van der Waals surface area contributed by atoms with E-state index in [-0.39, 0.29) is 29.8 Å². The Hall–Kier alpha value is -2.69. The lowest BCUT2D eigenvalue weighted by molar-refractivity contribution is -0.140. The number of ether oxygens (including phenoxy) is 2. The van der Waals surface area contributed by atoms with E-state index in [4.69, 9.17) is 32.7 Å². The van der Waals surface area contributed by atoms with Gasteiger partial charge in [0.2, 0.25) is 21.8 Å². The highest BCUT2D eigenvalue weighted by atomic mass is 35.5. The third-order valence-corrected chi connectivity index (χ3v) is 7.47. The van der Waals surface area contributed by atoms with Crippen LogP contribution < -0.4 is 19.1 Å². The first-order valence-corrected chi connectivity index (χ1v) is 14.6. The van der Waals surface area contributed by atoms with Gasteiger partial charge in [0.25, 0.3) is 0 Å². The number of carbonyl (C=O) groups excluding carboxylic acids is 2. The summed E-state index contributed by atoms with van der Waals surface area (Å²) >= 11 is 12.4. The number of hydrogen-bond donors (Lipinski definition) is 1. The molecular weight excluding hydrogens is 553 g/mol. The second kappa shape index (κ2) is 13.9. The van der Waals surface area contributed by atoms with E-state index in [9.17, 15) is 18.0 Å². The van der Waals surface area contributed by atoms with Gasteiger partial charge < -0.3 is 19.7 Å². The second-order valence-electron chi connectivity index (χ2n) is 9.13. The quantitative estimate of drug-likeness (QED) is 0.373. The van der Waals surface area contributed by atoms with Gasteiger partial charge in [0.15, 0.2) is 0 Å². The van der Waals surface area contributed by atoms with Gasteiger partial charge in [0.05, 0.1) is 26.2 Å². The Kier molecular flexibility index (Phi) is 11.5. The highest BCUT2D eigenvalue weighted by Gasteiger charge is 2.33.